The highest BCUT2D eigenvalue weighted by Gasteiger charge is 2.19. The molecular weight excluding hydrogens is 434 g/mol. The molecule has 0 aliphatic carbocycles. The highest BCUT2D eigenvalue weighted by atomic mass is 16.6. The van der Waals surface area contributed by atoms with E-state index < -0.39 is 11.9 Å². The van der Waals surface area contributed by atoms with E-state index in [4.69, 9.17) is 14.2 Å². The maximum absolute atomic E-state index is 12.8. The number of amides is 1. The summed E-state index contributed by atoms with van der Waals surface area (Å²) < 4.78 is 15.5. The summed E-state index contributed by atoms with van der Waals surface area (Å²) in [6.07, 6.45) is 6.68. The summed E-state index contributed by atoms with van der Waals surface area (Å²) in [7, 11) is 0. The monoisotopic (exact) mass is 467 g/mol. The summed E-state index contributed by atoms with van der Waals surface area (Å²) in [6.45, 7) is 5.74. The van der Waals surface area contributed by atoms with E-state index in [1.54, 1.807) is 50.2 Å². The Morgan fingerprint density at radius 3 is 2.24 bits per heavy atom. The van der Waals surface area contributed by atoms with E-state index in [0.717, 1.165) is 18.9 Å². The first-order valence-electron chi connectivity index (χ1n) is 11.7. The van der Waals surface area contributed by atoms with Gasteiger partial charge in [0, 0.05) is 5.56 Å². The second-order valence-electron chi connectivity index (χ2n) is 7.54. The standard InChI is InChI=1S/C27H33NO6/c1-4-7-8-9-12-20-15-17-21(18-16-20)26(30)28-22-13-10-11-14-23(22)34-24(27(31)33-6-3)19-25(29)32-5-2/h10-11,13-19H,4-9,12H2,1-3H3,(H,28,30)/b24-19-. The molecule has 0 atom stereocenters. The summed E-state index contributed by atoms with van der Waals surface area (Å²) in [5.41, 5.74) is 2.04. The molecule has 1 amide bonds. The molecule has 34 heavy (non-hydrogen) atoms. The van der Waals surface area contributed by atoms with Gasteiger partial charge in [0.1, 0.15) is 0 Å². The van der Waals surface area contributed by atoms with E-state index in [1.165, 1.54) is 24.8 Å². The van der Waals surface area contributed by atoms with Crippen LogP contribution in [0.1, 0.15) is 62.4 Å². The lowest BCUT2D eigenvalue weighted by molar-refractivity contribution is -0.143. The van der Waals surface area contributed by atoms with Crippen LogP contribution in [0.2, 0.25) is 0 Å². The Balaban J connectivity index is 2.13. The number of carbonyl (C=O) groups excluding carboxylic acids is 3. The highest BCUT2D eigenvalue weighted by Crippen LogP contribution is 2.27. The van der Waals surface area contributed by atoms with Gasteiger partial charge >= 0.3 is 11.9 Å². The van der Waals surface area contributed by atoms with Crippen LogP contribution in [0.25, 0.3) is 0 Å². The van der Waals surface area contributed by atoms with Crippen LogP contribution >= 0.6 is 0 Å². The molecule has 1 N–H and O–H groups in total. The normalized spacial score (nSPS) is 11.0. The summed E-state index contributed by atoms with van der Waals surface area (Å²) >= 11 is 0. The van der Waals surface area contributed by atoms with E-state index in [2.05, 4.69) is 12.2 Å². The maximum Gasteiger partial charge on any atom is 0.374 e. The Morgan fingerprint density at radius 2 is 1.56 bits per heavy atom. The van der Waals surface area contributed by atoms with Crippen LogP contribution in [0.5, 0.6) is 5.75 Å². The number of anilines is 1. The fourth-order valence-corrected chi connectivity index (χ4v) is 3.17. The zero-order valence-corrected chi connectivity index (χ0v) is 20.1. The lowest BCUT2D eigenvalue weighted by Crippen LogP contribution is -2.17. The van der Waals surface area contributed by atoms with Gasteiger partial charge in [0.15, 0.2) is 5.75 Å². The zero-order chi connectivity index (χ0) is 24.8. The fraction of sp³-hybridized carbons (Fsp3) is 0.370. The molecule has 0 aromatic heterocycles. The Morgan fingerprint density at radius 1 is 0.853 bits per heavy atom. The topological polar surface area (TPSA) is 90.9 Å². The number of rotatable bonds is 13. The van der Waals surface area contributed by atoms with Gasteiger partial charge in [-0.3, -0.25) is 4.79 Å². The SMILES string of the molecule is CCCCCCc1ccc(C(=O)Nc2ccccc2O/C(=C\C(=O)OCC)C(=O)OCC)cc1. The number of hydrogen-bond acceptors (Lipinski definition) is 6. The number of carbonyl (C=O) groups is 3. The Kier molecular flexibility index (Phi) is 11.4. The Labute approximate surface area is 201 Å². The number of nitrogens with one attached hydrogen (secondary N) is 1. The minimum Gasteiger partial charge on any atom is -0.463 e. The molecule has 2 aromatic rings. The van der Waals surface area contributed by atoms with E-state index >= 15 is 0 Å². The molecule has 0 radical (unpaired) electrons. The lowest BCUT2D eigenvalue weighted by atomic mass is 10.0. The van der Waals surface area contributed by atoms with Gasteiger partial charge in [-0.05, 0) is 56.5 Å². The molecule has 0 spiro atoms. The quantitative estimate of drug-likeness (QED) is 0.182. The summed E-state index contributed by atoms with van der Waals surface area (Å²) in [5.74, 6) is -2.02. The average molecular weight is 468 g/mol. The molecule has 182 valence electrons. The van der Waals surface area contributed by atoms with Crippen molar-refractivity contribution in [1.82, 2.24) is 0 Å². The number of aryl methyl sites for hydroxylation is 1. The zero-order valence-electron chi connectivity index (χ0n) is 20.1. The third-order valence-corrected chi connectivity index (χ3v) is 4.90. The molecule has 0 unspecified atom stereocenters. The van der Waals surface area contributed by atoms with Crippen molar-refractivity contribution < 1.29 is 28.6 Å². The van der Waals surface area contributed by atoms with Gasteiger partial charge in [-0.2, -0.15) is 0 Å². The molecule has 7 heteroatoms. The van der Waals surface area contributed by atoms with Gasteiger partial charge in [0.25, 0.3) is 5.91 Å². The number of ether oxygens (including phenoxy) is 3. The largest absolute Gasteiger partial charge is 0.463 e. The molecule has 0 fully saturated rings. The van der Waals surface area contributed by atoms with Crippen molar-refractivity contribution in [2.45, 2.75) is 52.9 Å². The van der Waals surface area contributed by atoms with Crippen molar-refractivity contribution in [3.63, 3.8) is 0 Å². The van der Waals surface area contributed by atoms with Crippen LogP contribution in [0.3, 0.4) is 0 Å². The molecule has 0 aliphatic rings. The third-order valence-electron chi connectivity index (χ3n) is 4.90. The molecule has 0 heterocycles. The summed E-state index contributed by atoms with van der Waals surface area (Å²) in [4.78, 5) is 37.0. The minimum absolute atomic E-state index is 0.106. The second kappa shape index (κ2) is 14.5. The smallest absolute Gasteiger partial charge is 0.374 e. The molecule has 2 rings (SSSR count). The number of para-hydroxylation sites is 2. The highest BCUT2D eigenvalue weighted by molar-refractivity contribution is 6.05. The van der Waals surface area contributed by atoms with Crippen LogP contribution < -0.4 is 10.1 Å². The fourth-order valence-electron chi connectivity index (χ4n) is 3.17. The van der Waals surface area contributed by atoms with Gasteiger partial charge in [0.05, 0.1) is 25.0 Å². The molecule has 2 aromatic carbocycles. The molecule has 0 saturated carbocycles. The van der Waals surface area contributed by atoms with Gasteiger partial charge in [-0.1, -0.05) is 50.5 Å². The van der Waals surface area contributed by atoms with E-state index in [0.29, 0.717) is 11.3 Å². The Hall–Kier alpha value is -3.61. The first kappa shape index (κ1) is 26.6. The summed E-state index contributed by atoms with van der Waals surface area (Å²) in [6, 6.07) is 14.1. The second-order valence-corrected chi connectivity index (χ2v) is 7.54. The number of unbranched alkanes of at least 4 members (excludes halogenated alkanes) is 3. The van der Waals surface area contributed by atoms with Gasteiger partial charge in [-0.25, -0.2) is 9.59 Å². The molecule has 0 aliphatic heterocycles. The first-order chi connectivity index (χ1) is 16.5. The molecular formula is C27H33NO6. The molecule has 0 saturated heterocycles. The first-order valence-corrected chi connectivity index (χ1v) is 11.7. The maximum atomic E-state index is 12.8. The average Bonchev–Trinajstić information content (AvgIpc) is 2.83. The minimum atomic E-state index is -0.814. The van der Waals surface area contributed by atoms with Gasteiger partial charge < -0.3 is 19.5 Å². The number of benzene rings is 2. The van der Waals surface area contributed by atoms with Crippen molar-refractivity contribution in [2.75, 3.05) is 18.5 Å². The Bertz CT molecular complexity index is 981. The van der Waals surface area contributed by atoms with Crippen LogP contribution in [0.15, 0.2) is 60.4 Å². The van der Waals surface area contributed by atoms with Crippen molar-refractivity contribution in [3.05, 3.63) is 71.5 Å². The molecule has 0 bridgehead atoms. The van der Waals surface area contributed by atoms with Crippen LogP contribution in [-0.4, -0.2) is 31.1 Å². The van der Waals surface area contributed by atoms with Crippen LogP contribution in [0.4, 0.5) is 5.69 Å². The van der Waals surface area contributed by atoms with E-state index in [-0.39, 0.29) is 30.6 Å². The lowest BCUT2D eigenvalue weighted by Gasteiger charge is -2.14. The number of esters is 2. The summed E-state index contributed by atoms with van der Waals surface area (Å²) in [5, 5.41) is 2.80. The molecule has 7 nitrogen and oxygen atoms in total. The van der Waals surface area contributed by atoms with Crippen molar-refractivity contribution in [2.24, 2.45) is 0 Å². The van der Waals surface area contributed by atoms with Crippen molar-refractivity contribution >= 4 is 23.5 Å². The van der Waals surface area contributed by atoms with Crippen LogP contribution in [-0.2, 0) is 25.5 Å². The van der Waals surface area contributed by atoms with Crippen molar-refractivity contribution in [1.29, 1.82) is 0 Å². The van der Waals surface area contributed by atoms with Gasteiger partial charge in [0.2, 0.25) is 5.76 Å². The van der Waals surface area contributed by atoms with Gasteiger partial charge in [-0.15, -0.1) is 0 Å². The van der Waals surface area contributed by atoms with Crippen LogP contribution in [0, 0.1) is 0 Å². The third kappa shape index (κ3) is 8.73. The number of hydrogen-bond donors (Lipinski definition) is 1. The van der Waals surface area contributed by atoms with E-state index in [1.807, 2.05) is 12.1 Å². The van der Waals surface area contributed by atoms with Crippen molar-refractivity contribution in [3.8, 4) is 5.75 Å². The predicted molar refractivity (Wildman–Crippen MR) is 131 cm³/mol. The predicted octanol–water partition coefficient (Wildman–Crippen LogP) is 5.45. The van der Waals surface area contributed by atoms with E-state index in [9.17, 15) is 14.4 Å².